The molecule has 1 amide bonds. The average molecular weight is 578 g/mol. The summed E-state index contributed by atoms with van der Waals surface area (Å²) in [5.41, 5.74) is 7.97. The zero-order chi connectivity index (χ0) is 30.3. The first-order valence-electron chi connectivity index (χ1n) is 14.8. The van der Waals surface area contributed by atoms with E-state index in [1.165, 1.54) is 12.1 Å². The summed E-state index contributed by atoms with van der Waals surface area (Å²) in [5.74, 6) is 1.15. The fourth-order valence-electron chi connectivity index (χ4n) is 6.45. The maximum Gasteiger partial charge on any atom is 0.274 e. The van der Waals surface area contributed by atoms with Crippen LogP contribution in [0.5, 0.6) is 11.5 Å². The summed E-state index contributed by atoms with van der Waals surface area (Å²) < 4.78 is 6.72. The first kappa shape index (κ1) is 28.1. The van der Waals surface area contributed by atoms with E-state index in [-0.39, 0.29) is 11.6 Å². The van der Waals surface area contributed by atoms with Crippen LogP contribution in [0.3, 0.4) is 0 Å². The Labute approximate surface area is 251 Å². The summed E-state index contributed by atoms with van der Waals surface area (Å²) >= 11 is 0. The molecule has 9 nitrogen and oxygen atoms in total. The number of nitrogens with zero attached hydrogens (tertiary/aromatic N) is 4. The smallest absolute Gasteiger partial charge is 0.274 e. The van der Waals surface area contributed by atoms with E-state index in [1.807, 2.05) is 24.3 Å². The second-order valence-electron chi connectivity index (χ2n) is 10.6. The maximum absolute atomic E-state index is 14.3. The summed E-state index contributed by atoms with van der Waals surface area (Å²) in [6.45, 7) is 11.9. The third-order valence-corrected chi connectivity index (χ3v) is 8.59. The molecule has 6 rings (SSSR count). The number of nitro groups is 1. The number of hydrogen-bond donors (Lipinski definition) is 1. The van der Waals surface area contributed by atoms with Crippen molar-refractivity contribution in [1.82, 2.24) is 5.01 Å². The van der Waals surface area contributed by atoms with Gasteiger partial charge in [-0.05, 0) is 58.0 Å². The summed E-state index contributed by atoms with van der Waals surface area (Å²) in [5, 5.41) is 13.0. The summed E-state index contributed by atoms with van der Waals surface area (Å²) in [4.78, 5) is 29.7. The molecule has 0 bridgehead atoms. The molecule has 0 radical (unpaired) electrons. The number of amides is 1. The Bertz CT molecular complexity index is 1630. The summed E-state index contributed by atoms with van der Waals surface area (Å²) in [7, 11) is 0. The van der Waals surface area contributed by atoms with Crippen LogP contribution >= 0.6 is 0 Å². The van der Waals surface area contributed by atoms with Crippen molar-refractivity contribution < 1.29 is 14.5 Å². The van der Waals surface area contributed by atoms with Gasteiger partial charge in [-0.15, -0.1) is 0 Å². The SMILES string of the molecule is CCN(CC)c1ccc2c(c1)Oc1cc(N(CC)CC)ccc1C21c2ccccc2C(=O)N1Nc1ccc([N+](=O)[O-])cc1. The fourth-order valence-corrected chi connectivity index (χ4v) is 6.45. The highest BCUT2D eigenvalue weighted by atomic mass is 16.6. The molecule has 2 heterocycles. The number of ether oxygens (including phenoxy) is 1. The van der Waals surface area contributed by atoms with Gasteiger partial charge in [-0.1, -0.05) is 30.3 Å². The Hall–Kier alpha value is -5.05. The molecule has 0 atom stereocenters. The van der Waals surface area contributed by atoms with Gasteiger partial charge in [-0.25, -0.2) is 5.01 Å². The van der Waals surface area contributed by atoms with Crippen molar-refractivity contribution in [2.24, 2.45) is 0 Å². The van der Waals surface area contributed by atoms with Gasteiger partial charge in [-0.2, -0.15) is 0 Å². The molecule has 1 spiro atoms. The van der Waals surface area contributed by atoms with Crippen LogP contribution in [0.1, 0.15) is 54.7 Å². The number of anilines is 3. The second-order valence-corrected chi connectivity index (χ2v) is 10.6. The van der Waals surface area contributed by atoms with Crippen molar-refractivity contribution in [3.63, 3.8) is 0 Å². The molecular formula is C34H35N5O4. The number of hydrogen-bond acceptors (Lipinski definition) is 7. The van der Waals surface area contributed by atoms with Gasteiger partial charge in [0.2, 0.25) is 0 Å². The number of carbonyl (C=O) groups excluding carboxylic acids is 1. The number of carbonyl (C=O) groups is 1. The molecule has 1 N–H and O–H groups in total. The van der Waals surface area contributed by atoms with Crippen molar-refractivity contribution in [1.29, 1.82) is 0 Å². The van der Waals surface area contributed by atoms with Crippen molar-refractivity contribution in [3.8, 4) is 11.5 Å². The lowest BCUT2D eigenvalue weighted by atomic mass is 9.75. The number of benzene rings is 4. The molecule has 220 valence electrons. The lowest BCUT2D eigenvalue weighted by Crippen LogP contribution is -2.50. The van der Waals surface area contributed by atoms with Gasteiger partial charge >= 0.3 is 0 Å². The predicted octanol–water partition coefficient (Wildman–Crippen LogP) is 7.17. The second kappa shape index (κ2) is 11.0. The van der Waals surface area contributed by atoms with E-state index in [4.69, 9.17) is 4.74 Å². The van der Waals surface area contributed by atoms with Gasteiger partial charge in [0.15, 0.2) is 0 Å². The van der Waals surface area contributed by atoms with E-state index < -0.39 is 10.5 Å². The van der Waals surface area contributed by atoms with Crippen LogP contribution in [0.4, 0.5) is 22.7 Å². The van der Waals surface area contributed by atoms with Crippen molar-refractivity contribution in [3.05, 3.63) is 117 Å². The Morgan fingerprint density at radius 3 is 1.81 bits per heavy atom. The minimum Gasteiger partial charge on any atom is -0.456 e. The molecule has 9 heteroatoms. The van der Waals surface area contributed by atoms with E-state index in [1.54, 1.807) is 17.1 Å². The van der Waals surface area contributed by atoms with Gasteiger partial charge in [0.05, 0.1) is 10.6 Å². The Balaban J connectivity index is 1.62. The van der Waals surface area contributed by atoms with E-state index in [0.29, 0.717) is 22.7 Å². The normalized spacial score (nSPS) is 14.0. The van der Waals surface area contributed by atoms with E-state index in [9.17, 15) is 14.9 Å². The first-order valence-corrected chi connectivity index (χ1v) is 14.8. The monoisotopic (exact) mass is 577 g/mol. The quantitative estimate of drug-likeness (QED) is 0.167. The molecule has 0 aromatic heterocycles. The molecule has 0 aliphatic carbocycles. The predicted molar refractivity (Wildman–Crippen MR) is 169 cm³/mol. The van der Waals surface area contributed by atoms with Crippen molar-refractivity contribution in [2.75, 3.05) is 41.4 Å². The highest BCUT2D eigenvalue weighted by Gasteiger charge is 2.57. The average Bonchev–Trinajstić information content (AvgIpc) is 3.26. The number of rotatable bonds is 9. The van der Waals surface area contributed by atoms with Gasteiger partial charge in [0, 0.05) is 84.1 Å². The van der Waals surface area contributed by atoms with E-state index in [2.05, 4.69) is 79.3 Å². The summed E-state index contributed by atoms with van der Waals surface area (Å²) in [6, 6.07) is 26.2. The lowest BCUT2D eigenvalue weighted by Gasteiger charge is -2.44. The standard InChI is InChI=1S/C34H35N5O4/c1-5-36(6-2)25-17-19-29-31(21-25)43-32-22-26(37(7-3)8-4)18-20-30(32)34(29)28-12-10-9-11-27(28)33(40)38(34)35-23-13-15-24(16-14-23)39(41)42/h9-22,35H,5-8H2,1-4H3. The van der Waals surface area contributed by atoms with Crippen LogP contribution in [0.2, 0.25) is 0 Å². The Kier molecular flexibility index (Phi) is 7.17. The third kappa shape index (κ3) is 4.34. The number of fused-ring (bicyclic) bond motifs is 6. The minimum atomic E-state index is -1.07. The summed E-state index contributed by atoms with van der Waals surface area (Å²) in [6.07, 6.45) is 0. The molecule has 4 aromatic rings. The van der Waals surface area contributed by atoms with Crippen LogP contribution < -0.4 is 20.0 Å². The topological polar surface area (TPSA) is 91.2 Å². The zero-order valence-corrected chi connectivity index (χ0v) is 24.8. The van der Waals surface area contributed by atoms with Gasteiger partial charge < -0.3 is 14.5 Å². The van der Waals surface area contributed by atoms with Crippen molar-refractivity contribution >= 4 is 28.7 Å². The zero-order valence-electron chi connectivity index (χ0n) is 24.8. The van der Waals surface area contributed by atoms with Crippen molar-refractivity contribution in [2.45, 2.75) is 33.2 Å². The molecule has 0 saturated heterocycles. The molecule has 4 aromatic carbocycles. The molecule has 2 aliphatic heterocycles. The highest BCUT2D eigenvalue weighted by Crippen LogP contribution is 2.58. The number of non-ortho nitro benzene ring substituents is 1. The number of nitrogens with one attached hydrogen (secondary N) is 1. The van der Waals surface area contributed by atoms with Gasteiger partial charge in [0.25, 0.3) is 11.6 Å². The van der Waals surface area contributed by atoms with E-state index in [0.717, 1.165) is 54.2 Å². The number of hydrazine groups is 1. The maximum atomic E-state index is 14.3. The number of nitro benzene ring substituents is 1. The molecule has 0 unspecified atom stereocenters. The lowest BCUT2D eigenvalue weighted by molar-refractivity contribution is -0.384. The van der Waals surface area contributed by atoms with Crippen LogP contribution in [0, 0.1) is 10.1 Å². The fraction of sp³-hybridized carbons (Fsp3) is 0.265. The van der Waals surface area contributed by atoms with Crippen LogP contribution in [0.15, 0.2) is 84.9 Å². The molecule has 43 heavy (non-hydrogen) atoms. The van der Waals surface area contributed by atoms with Crippen LogP contribution in [-0.4, -0.2) is 42.0 Å². The van der Waals surface area contributed by atoms with Crippen LogP contribution in [0.25, 0.3) is 0 Å². The Morgan fingerprint density at radius 1 is 0.767 bits per heavy atom. The van der Waals surface area contributed by atoms with Gasteiger partial charge in [-0.3, -0.25) is 20.3 Å². The molecular weight excluding hydrogens is 542 g/mol. The van der Waals surface area contributed by atoms with Gasteiger partial charge in [0.1, 0.15) is 17.0 Å². The highest BCUT2D eigenvalue weighted by molar-refractivity contribution is 6.03. The Morgan fingerprint density at radius 2 is 1.30 bits per heavy atom. The first-order chi connectivity index (χ1) is 20.9. The largest absolute Gasteiger partial charge is 0.456 e. The molecule has 0 fully saturated rings. The van der Waals surface area contributed by atoms with E-state index >= 15 is 0 Å². The third-order valence-electron chi connectivity index (χ3n) is 8.59. The molecule has 0 saturated carbocycles. The van der Waals surface area contributed by atoms with Crippen LogP contribution in [-0.2, 0) is 5.54 Å². The molecule has 2 aliphatic rings. The minimum absolute atomic E-state index is 0.0223.